The van der Waals surface area contributed by atoms with E-state index in [1.54, 1.807) is 12.1 Å². The zero-order valence-electron chi connectivity index (χ0n) is 9.66. The summed E-state index contributed by atoms with van der Waals surface area (Å²) in [5, 5.41) is 8.49. The van der Waals surface area contributed by atoms with Crippen molar-refractivity contribution in [1.82, 2.24) is 0 Å². The molecule has 0 spiro atoms. The van der Waals surface area contributed by atoms with E-state index in [2.05, 4.69) is 0 Å². The van der Waals surface area contributed by atoms with Gasteiger partial charge in [-0.25, -0.2) is 4.39 Å². The third-order valence-corrected chi connectivity index (χ3v) is 2.50. The molecule has 0 saturated heterocycles. The second-order valence-corrected chi connectivity index (χ2v) is 4.42. The lowest BCUT2D eigenvalue weighted by Crippen LogP contribution is -2.08. The van der Waals surface area contributed by atoms with E-state index in [4.69, 9.17) is 5.11 Å². The second-order valence-electron chi connectivity index (χ2n) is 4.42. The fourth-order valence-corrected chi connectivity index (χ4v) is 1.51. The Morgan fingerprint density at radius 1 is 1.31 bits per heavy atom. The van der Waals surface area contributed by atoms with E-state index in [1.807, 2.05) is 12.1 Å². The lowest BCUT2D eigenvalue weighted by molar-refractivity contribution is -0.137. The number of carbonyl (C=O) groups is 1. The molecular weight excluding hydrogens is 207 g/mol. The lowest BCUT2D eigenvalue weighted by Gasteiger charge is -2.14. The summed E-state index contributed by atoms with van der Waals surface area (Å²) in [4.78, 5) is 10.3. The molecule has 0 fully saturated rings. The number of carboxylic acids is 1. The smallest absolute Gasteiger partial charge is 0.303 e. The van der Waals surface area contributed by atoms with Crippen molar-refractivity contribution >= 4 is 5.97 Å². The van der Waals surface area contributed by atoms with Crippen LogP contribution in [0.2, 0.25) is 0 Å². The van der Waals surface area contributed by atoms with Gasteiger partial charge in [0.05, 0.1) is 0 Å². The molecule has 1 aromatic carbocycles. The predicted molar refractivity (Wildman–Crippen MR) is 61.1 cm³/mol. The van der Waals surface area contributed by atoms with Gasteiger partial charge in [-0.1, -0.05) is 24.3 Å². The highest BCUT2D eigenvalue weighted by atomic mass is 19.1. The second kappa shape index (κ2) is 5.10. The molecular formula is C13H17FO2. The van der Waals surface area contributed by atoms with Gasteiger partial charge in [0.25, 0.3) is 0 Å². The van der Waals surface area contributed by atoms with Crippen LogP contribution in [0.25, 0.3) is 0 Å². The molecule has 0 unspecified atom stereocenters. The average Bonchev–Trinajstić information content (AvgIpc) is 2.16. The van der Waals surface area contributed by atoms with E-state index in [0.717, 1.165) is 12.0 Å². The topological polar surface area (TPSA) is 37.3 Å². The summed E-state index contributed by atoms with van der Waals surface area (Å²) in [5.74, 6) is -0.776. The third kappa shape index (κ3) is 4.01. The molecule has 1 rings (SSSR count). The Morgan fingerprint density at radius 2 is 1.88 bits per heavy atom. The number of hydrogen-bond donors (Lipinski definition) is 1. The van der Waals surface area contributed by atoms with Gasteiger partial charge in [0.1, 0.15) is 5.67 Å². The van der Waals surface area contributed by atoms with Gasteiger partial charge in [0, 0.05) is 6.42 Å². The summed E-state index contributed by atoms with van der Waals surface area (Å²) < 4.78 is 13.5. The summed E-state index contributed by atoms with van der Waals surface area (Å²) in [7, 11) is 0. The maximum Gasteiger partial charge on any atom is 0.303 e. The molecule has 3 heteroatoms. The van der Waals surface area contributed by atoms with Crippen LogP contribution in [0.1, 0.15) is 37.8 Å². The molecule has 1 N–H and O–H groups in total. The standard InChI is InChI=1S/C13H17FO2/c1-13(2,14)11-8-6-10(7-9-11)4-3-5-12(15)16/h6-9H,3-5H2,1-2H3,(H,15,16). The van der Waals surface area contributed by atoms with E-state index in [-0.39, 0.29) is 6.42 Å². The number of benzene rings is 1. The highest BCUT2D eigenvalue weighted by Crippen LogP contribution is 2.24. The van der Waals surface area contributed by atoms with Crippen molar-refractivity contribution in [3.63, 3.8) is 0 Å². The number of carboxylic acid groups (broad SMARTS) is 1. The van der Waals surface area contributed by atoms with Crippen LogP contribution < -0.4 is 0 Å². The summed E-state index contributed by atoms with van der Waals surface area (Å²) in [6.45, 7) is 3.04. The van der Waals surface area contributed by atoms with Crippen LogP contribution in [-0.4, -0.2) is 11.1 Å². The zero-order chi connectivity index (χ0) is 12.2. The van der Waals surface area contributed by atoms with Gasteiger partial charge in [-0.3, -0.25) is 4.79 Å². The fraction of sp³-hybridized carbons (Fsp3) is 0.462. The Balaban J connectivity index is 2.55. The van der Waals surface area contributed by atoms with Crippen molar-refractivity contribution in [3.8, 4) is 0 Å². The summed E-state index contributed by atoms with van der Waals surface area (Å²) in [6, 6.07) is 7.24. The van der Waals surface area contributed by atoms with E-state index in [1.165, 1.54) is 13.8 Å². The molecule has 0 aromatic heterocycles. The average molecular weight is 224 g/mol. The monoisotopic (exact) mass is 224 g/mol. The minimum absolute atomic E-state index is 0.177. The van der Waals surface area contributed by atoms with Crippen molar-refractivity contribution in [1.29, 1.82) is 0 Å². The van der Waals surface area contributed by atoms with Crippen LogP contribution in [0.15, 0.2) is 24.3 Å². The van der Waals surface area contributed by atoms with Gasteiger partial charge in [-0.2, -0.15) is 0 Å². The molecule has 0 amide bonds. The van der Waals surface area contributed by atoms with Gasteiger partial charge in [0.15, 0.2) is 0 Å². The third-order valence-electron chi connectivity index (χ3n) is 2.50. The maximum atomic E-state index is 13.5. The first kappa shape index (κ1) is 12.7. The highest BCUT2D eigenvalue weighted by molar-refractivity contribution is 5.66. The van der Waals surface area contributed by atoms with Crippen LogP contribution in [0, 0.1) is 0 Å². The lowest BCUT2D eigenvalue weighted by atomic mass is 9.97. The summed E-state index contributed by atoms with van der Waals surface area (Å²) in [5.41, 5.74) is 0.378. The minimum atomic E-state index is -1.32. The van der Waals surface area contributed by atoms with Crippen LogP contribution in [0.3, 0.4) is 0 Å². The molecule has 0 heterocycles. The van der Waals surface area contributed by atoms with Crippen LogP contribution >= 0.6 is 0 Å². The largest absolute Gasteiger partial charge is 0.481 e. The molecule has 0 aliphatic carbocycles. The minimum Gasteiger partial charge on any atom is -0.481 e. The van der Waals surface area contributed by atoms with E-state index in [0.29, 0.717) is 12.0 Å². The van der Waals surface area contributed by atoms with E-state index < -0.39 is 11.6 Å². The SMILES string of the molecule is CC(C)(F)c1ccc(CCCC(=O)O)cc1. The van der Waals surface area contributed by atoms with Crippen LogP contribution in [0.5, 0.6) is 0 Å². The van der Waals surface area contributed by atoms with Crippen molar-refractivity contribution in [2.45, 2.75) is 38.8 Å². The molecule has 1 aromatic rings. The molecule has 0 radical (unpaired) electrons. The molecule has 16 heavy (non-hydrogen) atoms. The molecule has 88 valence electrons. The molecule has 0 bridgehead atoms. The predicted octanol–water partition coefficient (Wildman–Crippen LogP) is 3.30. The molecule has 0 aliphatic rings. The van der Waals surface area contributed by atoms with Crippen molar-refractivity contribution in [2.75, 3.05) is 0 Å². The van der Waals surface area contributed by atoms with Crippen molar-refractivity contribution in [2.24, 2.45) is 0 Å². The highest BCUT2D eigenvalue weighted by Gasteiger charge is 2.17. The number of halogens is 1. The Morgan fingerprint density at radius 3 is 2.31 bits per heavy atom. The molecule has 0 aliphatic heterocycles. The van der Waals surface area contributed by atoms with Gasteiger partial charge < -0.3 is 5.11 Å². The van der Waals surface area contributed by atoms with Crippen molar-refractivity contribution < 1.29 is 14.3 Å². The van der Waals surface area contributed by atoms with Gasteiger partial charge in [-0.05, 0) is 37.8 Å². The molecule has 0 atom stereocenters. The van der Waals surface area contributed by atoms with E-state index >= 15 is 0 Å². The Kier molecular flexibility index (Phi) is 4.05. The zero-order valence-corrected chi connectivity index (χ0v) is 9.66. The first-order valence-corrected chi connectivity index (χ1v) is 5.40. The number of aryl methyl sites for hydroxylation is 1. The Labute approximate surface area is 95.1 Å². The quantitative estimate of drug-likeness (QED) is 0.833. The number of alkyl halides is 1. The first-order valence-electron chi connectivity index (χ1n) is 5.40. The van der Waals surface area contributed by atoms with E-state index in [9.17, 15) is 9.18 Å². The van der Waals surface area contributed by atoms with Gasteiger partial charge >= 0.3 is 5.97 Å². The normalized spacial score (nSPS) is 11.4. The molecule has 0 saturated carbocycles. The van der Waals surface area contributed by atoms with Crippen LogP contribution in [-0.2, 0) is 16.9 Å². The Hall–Kier alpha value is -1.38. The summed E-state index contributed by atoms with van der Waals surface area (Å²) >= 11 is 0. The number of aliphatic carboxylic acids is 1. The fourth-order valence-electron chi connectivity index (χ4n) is 1.51. The summed E-state index contributed by atoms with van der Waals surface area (Å²) in [6.07, 6.45) is 1.52. The maximum absolute atomic E-state index is 13.5. The molecule has 2 nitrogen and oxygen atoms in total. The number of rotatable bonds is 5. The number of hydrogen-bond acceptors (Lipinski definition) is 1. The van der Waals surface area contributed by atoms with Crippen molar-refractivity contribution in [3.05, 3.63) is 35.4 Å². The Bertz CT molecular complexity index is 349. The van der Waals surface area contributed by atoms with Gasteiger partial charge in [0.2, 0.25) is 0 Å². The van der Waals surface area contributed by atoms with Gasteiger partial charge in [-0.15, -0.1) is 0 Å². The van der Waals surface area contributed by atoms with Crippen LogP contribution in [0.4, 0.5) is 4.39 Å². The first-order chi connectivity index (χ1) is 7.39.